The Hall–Kier alpha value is -11.1. The minimum absolute atomic E-state index is 0.0368. The van der Waals surface area contributed by atoms with E-state index in [9.17, 15) is 14.4 Å². The molecule has 0 radical (unpaired) electrons. The fraction of sp³-hybridized carbons (Fsp3) is 0.388. The molecular formula is C103H123N8O10S+. The first-order valence-corrected chi connectivity index (χ1v) is 45.0. The van der Waals surface area contributed by atoms with Crippen LogP contribution in [-0.4, -0.2) is 169 Å². The third-order valence-electron chi connectivity index (χ3n) is 25.5. The van der Waals surface area contributed by atoms with E-state index in [2.05, 4.69) is 171 Å². The van der Waals surface area contributed by atoms with Crippen molar-refractivity contribution in [3.8, 4) is 40.2 Å². The maximum atomic E-state index is 14.3. The fourth-order valence-electron chi connectivity index (χ4n) is 18.5. The van der Waals surface area contributed by atoms with Gasteiger partial charge in [-0.05, 0) is 221 Å². The Bertz CT molecular complexity index is 4830. The van der Waals surface area contributed by atoms with Crippen molar-refractivity contribution in [3.63, 3.8) is 0 Å². The summed E-state index contributed by atoms with van der Waals surface area (Å²) in [6, 6.07) is 78.4. The van der Waals surface area contributed by atoms with E-state index in [0.717, 1.165) is 178 Å². The van der Waals surface area contributed by atoms with E-state index < -0.39 is 0 Å². The molecule has 10 aromatic carbocycles. The van der Waals surface area contributed by atoms with Crippen molar-refractivity contribution in [1.29, 1.82) is 0 Å². The van der Waals surface area contributed by atoms with Gasteiger partial charge in [-0.2, -0.15) is 0 Å². The highest BCUT2D eigenvalue weighted by Crippen LogP contribution is 2.46. The van der Waals surface area contributed by atoms with Gasteiger partial charge in [0.25, 0.3) is 17.7 Å². The van der Waals surface area contributed by atoms with E-state index >= 15 is 0 Å². The SMILES string of the molecule is CC[N+]1(C)CCN(c2cccc3c2CN([C@H](CCCN(Cc2ccccc2)Cc2ccccc2)c2ccc(OC)c(OC)c2)C3=O)CC1.COc1ccc([C@@H](CCCOc2ccccc2)N2Cc3c(cccc3N3CCCCC3)C2=O)cc1OC.COc1ccc([C@@H](CCCSc2ccccc2)N2Cc3c(cccc3N3CCCCC3)C2=O)cc1OC. The lowest BCUT2D eigenvalue weighted by molar-refractivity contribution is -0.908. The first-order chi connectivity index (χ1) is 59.8. The highest BCUT2D eigenvalue weighted by atomic mass is 32.2. The Morgan fingerprint density at radius 2 is 0.746 bits per heavy atom. The standard InChI is InChI=1S/C41H51N4O3.C31H36N2O4.C31H36N2O3S/c1-5-45(2)26-24-43(25-27-45)38-19-12-18-35-36(38)31-44(41(35)46)37(34-21-22-39(47-3)40(28-34)48-4)20-13-23-42(29-32-14-8-6-9-15-32)30-33-16-10-7-11-17-33;2*1-35-29-17-16-23(21-30(29)36-2)27(15-10-20-37-24-11-5-3-6-12-24)33-22-26-25(31(33)34)13-9-14-28(26)32-18-7-4-8-19-32/h6-12,14-19,21-22,28,37H,5,13,20,23-27,29-31H2,1-4H3;2*3,5-6,9,11-14,16-17,21,27H,4,7-8,10,15,18-20,22H2,1-2H3/q+1;;/t37-;2*27-/m111/s1. The molecule has 0 saturated carbocycles. The zero-order valence-corrected chi connectivity index (χ0v) is 73.6. The van der Waals surface area contributed by atoms with Gasteiger partial charge in [0.05, 0.1) is 107 Å². The van der Waals surface area contributed by atoms with Crippen LogP contribution in [0.5, 0.6) is 40.2 Å². The van der Waals surface area contributed by atoms with Crippen LogP contribution >= 0.6 is 11.8 Å². The molecule has 6 aliphatic heterocycles. The van der Waals surface area contributed by atoms with Crippen molar-refractivity contribution >= 4 is 46.5 Å². The summed E-state index contributed by atoms with van der Waals surface area (Å²) in [5, 5.41) is 0. The molecule has 0 aromatic heterocycles. The monoisotopic (exact) mass is 1660 g/mol. The molecule has 0 unspecified atom stereocenters. The first-order valence-electron chi connectivity index (χ1n) is 44.0. The number of nitrogens with zero attached hydrogens (tertiary/aromatic N) is 8. The van der Waals surface area contributed by atoms with Crippen LogP contribution in [0.4, 0.5) is 17.1 Å². The average Bonchev–Trinajstić information content (AvgIpc) is 1.62. The van der Waals surface area contributed by atoms with E-state index in [4.69, 9.17) is 33.2 Å². The first kappa shape index (κ1) is 87.2. The van der Waals surface area contributed by atoms with Crippen LogP contribution in [-0.2, 0) is 32.7 Å². The topological polar surface area (TPSA) is 138 Å². The molecule has 16 rings (SSSR count). The lowest BCUT2D eigenvalue weighted by Gasteiger charge is -2.42. The Labute approximate surface area is 727 Å². The molecule has 3 fully saturated rings. The number of para-hydroxylation sites is 1. The van der Waals surface area contributed by atoms with Crippen molar-refractivity contribution in [3.05, 3.63) is 292 Å². The van der Waals surface area contributed by atoms with Gasteiger partial charge < -0.3 is 67.0 Å². The number of quaternary nitrogens is 1. The number of carbonyl (C=O) groups is 3. The Balaban J connectivity index is 0.000000151. The van der Waals surface area contributed by atoms with Gasteiger partial charge in [0.1, 0.15) is 5.75 Å². The predicted octanol–water partition coefficient (Wildman–Crippen LogP) is 20.4. The molecular weight excluding hydrogens is 1540 g/mol. The maximum absolute atomic E-state index is 14.3. The zero-order valence-electron chi connectivity index (χ0n) is 72.7. The summed E-state index contributed by atoms with van der Waals surface area (Å²) in [6.45, 7) is 17.0. The van der Waals surface area contributed by atoms with E-state index in [1.165, 1.54) is 77.2 Å². The van der Waals surface area contributed by atoms with Crippen LogP contribution < -0.4 is 47.9 Å². The number of benzene rings is 10. The van der Waals surface area contributed by atoms with Crippen molar-refractivity contribution in [2.24, 2.45) is 0 Å². The molecule has 19 heteroatoms. The van der Waals surface area contributed by atoms with Gasteiger partial charge in [-0.3, -0.25) is 19.3 Å². The molecule has 0 spiro atoms. The second-order valence-electron chi connectivity index (χ2n) is 33.0. The Morgan fingerprint density at radius 1 is 0.385 bits per heavy atom. The van der Waals surface area contributed by atoms with E-state index in [1.807, 2.05) is 120 Å². The number of hydrogen-bond donors (Lipinski definition) is 0. The fourth-order valence-corrected chi connectivity index (χ4v) is 19.4. The van der Waals surface area contributed by atoms with Crippen molar-refractivity contribution in [2.45, 2.75) is 140 Å². The van der Waals surface area contributed by atoms with Crippen LogP contribution in [0, 0.1) is 0 Å². The highest BCUT2D eigenvalue weighted by molar-refractivity contribution is 7.99. The van der Waals surface area contributed by atoms with Gasteiger partial charge in [-0.15, -0.1) is 11.8 Å². The summed E-state index contributed by atoms with van der Waals surface area (Å²) >= 11 is 1.87. The van der Waals surface area contributed by atoms with Crippen molar-refractivity contribution in [1.82, 2.24) is 19.6 Å². The quantitative estimate of drug-likeness (QED) is 0.0215. The average molecular weight is 1670 g/mol. The number of ether oxygens (including phenoxy) is 7. The molecule has 3 amide bonds. The number of likely N-dealkylation sites (N-methyl/N-ethyl adjacent to an activating group) is 1. The number of fused-ring (bicyclic) bond motifs is 3. The minimum Gasteiger partial charge on any atom is -0.494 e. The third-order valence-corrected chi connectivity index (χ3v) is 26.6. The normalized spacial score (nSPS) is 16.1. The van der Waals surface area contributed by atoms with Crippen LogP contribution in [0.1, 0.15) is 178 Å². The smallest absolute Gasteiger partial charge is 0.255 e. The Kier molecular flexibility index (Phi) is 30.5. The Morgan fingerprint density at radius 3 is 1.13 bits per heavy atom. The van der Waals surface area contributed by atoms with Gasteiger partial charge in [0.15, 0.2) is 34.5 Å². The number of piperidine rings is 2. The predicted molar refractivity (Wildman–Crippen MR) is 490 cm³/mol. The van der Waals surface area contributed by atoms with Gasteiger partial charge >= 0.3 is 0 Å². The molecule has 18 nitrogen and oxygen atoms in total. The molecule has 3 atom stereocenters. The second kappa shape index (κ2) is 42.6. The zero-order chi connectivity index (χ0) is 84.7. The molecule has 0 N–H and O–H groups in total. The van der Waals surface area contributed by atoms with Crippen LogP contribution in [0.2, 0.25) is 0 Å². The van der Waals surface area contributed by atoms with Gasteiger partial charge in [0.2, 0.25) is 0 Å². The highest BCUT2D eigenvalue weighted by Gasteiger charge is 2.41. The molecule has 122 heavy (non-hydrogen) atoms. The van der Waals surface area contributed by atoms with E-state index in [-0.39, 0.29) is 35.8 Å². The molecule has 3 saturated heterocycles. The maximum Gasteiger partial charge on any atom is 0.255 e. The van der Waals surface area contributed by atoms with Crippen LogP contribution in [0.25, 0.3) is 0 Å². The van der Waals surface area contributed by atoms with Gasteiger partial charge in [-0.1, -0.05) is 133 Å². The number of hydrogen-bond acceptors (Lipinski definition) is 15. The van der Waals surface area contributed by atoms with Crippen LogP contribution in [0.15, 0.2) is 235 Å². The molecule has 0 aliphatic carbocycles. The number of amides is 3. The number of piperazine rings is 1. The molecule has 6 heterocycles. The minimum atomic E-state index is -0.103. The summed E-state index contributed by atoms with van der Waals surface area (Å²) in [4.78, 5) is 59.4. The number of anilines is 3. The van der Waals surface area contributed by atoms with E-state index in [1.54, 1.807) is 42.7 Å². The summed E-state index contributed by atoms with van der Waals surface area (Å²) in [7, 11) is 12.3. The lowest BCUT2D eigenvalue weighted by Crippen LogP contribution is -2.57. The van der Waals surface area contributed by atoms with Crippen molar-refractivity contribution in [2.75, 3.05) is 142 Å². The molecule has 640 valence electrons. The number of thioether (sulfide) groups is 1. The summed E-state index contributed by atoms with van der Waals surface area (Å²) < 4.78 is 40.6. The van der Waals surface area contributed by atoms with Gasteiger partial charge in [-0.25, -0.2) is 0 Å². The summed E-state index contributed by atoms with van der Waals surface area (Å²) in [5.74, 6) is 6.33. The van der Waals surface area contributed by atoms with Crippen LogP contribution in [0.3, 0.4) is 0 Å². The number of methoxy groups -OCH3 is 6. The third kappa shape index (κ3) is 21.1. The molecule has 0 bridgehead atoms. The molecule has 10 aromatic rings. The summed E-state index contributed by atoms with van der Waals surface area (Å²) in [5.41, 5.74) is 15.5. The molecule has 6 aliphatic rings. The summed E-state index contributed by atoms with van der Waals surface area (Å²) in [6.07, 6.45) is 12.7. The lowest BCUT2D eigenvalue weighted by atomic mass is 9.99. The number of rotatable bonds is 34. The van der Waals surface area contributed by atoms with Crippen molar-refractivity contribution < 1.29 is 52.0 Å². The second-order valence-corrected chi connectivity index (χ2v) is 34.2. The largest absolute Gasteiger partial charge is 0.494 e. The van der Waals surface area contributed by atoms with Gasteiger partial charge in [0, 0.05) is 114 Å². The van der Waals surface area contributed by atoms with E-state index in [0.29, 0.717) is 60.7 Å². The number of carbonyl (C=O) groups excluding carboxylic acids is 3.